The molecular formula is C28H30ClN3O3. The van der Waals surface area contributed by atoms with Crippen LogP contribution in [0, 0.1) is 6.92 Å². The molecule has 6 nitrogen and oxygen atoms in total. The third kappa shape index (κ3) is 5.03. The standard InChI is InChI=1S/C28H30ClN3O3/c1-4-6-9-16-31(28(34)25-13-10-17-35-25)23(5-2)26-30-22-12-8-7-11-21(22)27(33)32(26)24-15-14-20(29)18-19(24)3/h7-8,10-15,17-18,23H,4-6,9,16H2,1-3H3. The second kappa shape index (κ2) is 10.9. The lowest BCUT2D eigenvalue weighted by Crippen LogP contribution is -2.39. The Morgan fingerprint density at radius 2 is 1.91 bits per heavy atom. The van der Waals surface area contributed by atoms with Crippen LogP contribution in [0.1, 0.15) is 67.5 Å². The number of aryl methyl sites for hydroxylation is 1. The van der Waals surface area contributed by atoms with Crippen molar-refractivity contribution in [2.75, 3.05) is 6.54 Å². The number of hydrogen-bond acceptors (Lipinski definition) is 4. The van der Waals surface area contributed by atoms with Crippen LogP contribution in [0.2, 0.25) is 5.02 Å². The zero-order valence-corrected chi connectivity index (χ0v) is 21.1. The Hall–Kier alpha value is -3.38. The number of halogens is 1. The Balaban J connectivity index is 1.95. The molecule has 0 N–H and O–H groups in total. The number of hydrogen-bond donors (Lipinski definition) is 0. The molecule has 0 aliphatic heterocycles. The van der Waals surface area contributed by atoms with E-state index in [4.69, 9.17) is 21.0 Å². The van der Waals surface area contributed by atoms with E-state index in [-0.39, 0.29) is 17.2 Å². The summed E-state index contributed by atoms with van der Waals surface area (Å²) in [5.41, 5.74) is 1.98. The minimum absolute atomic E-state index is 0.173. The number of rotatable bonds is 9. The van der Waals surface area contributed by atoms with Crippen molar-refractivity contribution in [3.05, 3.63) is 93.4 Å². The Labute approximate surface area is 210 Å². The average Bonchev–Trinajstić information content (AvgIpc) is 3.39. The summed E-state index contributed by atoms with van der Waals surface area (Å²) in [5.74, 6) is 0.593. The topological polar surface area (TPSA) is 68.3 Å². The summed E-state index contributed by atoms with van der Waals surface area (Å²) in [6.07, 6.45) is 4.95. The van der Waals surface area contributed by atoms with Gasteiger partial charge in [0.15, 0.2) is 5.76 Å². The highest BCUT2D eigenvalue weighted by atomic mass is 35.5. The summed E-state index contributed by atoms with van der Waals surface area (Å²) in [5, 5.41) is 1.12. The van der Waals surface area contributed by atoms with Gasteiger partial charge in [-0.2, -0.15) is 0 Å². The quantitative estimate of drug-likeness (QED) is 0.243. The van der Waals surface area contributed by atoms with Crippen molar-refractivity contribution < 1.29 is 9.21 Å². The van der Waals surface area contributed by atoms with Gasteiger partial charge >= 0.3 is 0 Å². The maximum Gasteiger partial charge on any atom is 0.290 e. The normalized spacial score (nSPS) is 12.1. The number of benzene rings is 2. The first-order valence-corrected chi connectivity index (χ1v) is 12.5. The monoisotopic (exact) mass is 491 g/mol. The first-order valence-electron chi connectivity index (χ1n) is 12.1. The van der Waals surface area contributed by atoms with Gasteiger partial charge in [-0.1, -0.05) is 50.4 Å². The first kappa shape index (κ1) is 24.7. The second-order valence-corrected chi connectivity index (χ2v) is 9.10. The van der Waals surface area contributed by atoms with Crippen molar-refractivity contribution in [1.29, 1.82) is 0 Å². The lowest BCUT2D eigenvalue weighted by Gasteiger charge is -2.32. The van der Waals surface area contributed by atoms with E-state index in [0.29, 0.717) is 40.4 Å². The molecule has 2 aromatic carbocycles. The number of carbonyl (C=O) groups is 1. The van der Waals surface area contributed by atoms with Crippen LogP contribution in [-0.4, -0.2) is 26.9 Å². The maximum atomic E-state index is 13.9. The molecule has 1 amide bonds. The van der Waals surface area contributed by atoms with Gasteiger partial charge in [-0.25, -0.2) is 4.98 Å². The highest BCUT2D eigenvalue weighted by molar-refractivity contribution is 6.30. The molecule has 0 aliphatic carbocycles. The van der Waals surface area contributed by atoms with Gasteiger partial charge in [-0.15, -0.1) is 0 Å². The maximum absolute atomic E-state index is 13.9. The van der Waals surface area contributed by atoms with Crippen LogP contribution in [0.3, 0.4) is 0 Å². The highest BCUT2D eigenvalue weighted by Gasteiger charge is 2.31. The van der Waals surface area contributed by atoms with Crippen molar-refractivity contribution in [1.82, 2.24) is 14.5 Å². The Bertz CT molecular complexity index is 1380. The van der Waals surface area contributed by atoms with Crippen molar-refractivity contribution in [3.63, 3.8) is 0 Å². The summed E-state index contributed by atoms with van der Waals surface area (Å²) in [7, 11) is 0. The van der Waals surface area contributed by atoms with Gasteiger partial charge < -0.3 is 9.32 Å². The molecule has 4 rings (SSSR count). The summed E-state index contributed by atoms with van der Waals surface area (Å²) < 4.78 is 7.10. The lowest BCUT2D eigenvalue weighted by molar-refractivity contribution is 0.0622. The molecule has 0 fully saturated rings. The van der Waals surface area contributed by atoms with Crippen LogP contribution in [0.25, 0.3) is 16.6 Å². The van der Waals surface area contributed by atoms with Gasteiger partial charge in [-0.05, 0) is 67.8 Å². The predicted octanol–water partition coefficient (Wildman–Crippen LogP) is 6.72. The SMILES string of the molecule is CCCCCN(C(=O)c1ccco1)C(CC)c1nc2ccccc2c(=O)n1-c1ccc(Cl)cc1C. The molecule has 182 valence electrons. The molecule has 7 heteroatoms. The van der Waals surface area contributed by atoms with Crippen molar-refractivity contribution in [2.24, 2.45) is 0 Å². The van der Waals surface area contributed by atoms with E-state index in [1.54, 1.807) is 33.7 Å². The molecule has 35 heavy (non-hydrogen) atoms. The molecule has 1 atom stereocenters. The Morgan fingerprint density at radius 1 is 1.11 bits per heavy atom. The summed E-state index contributed by atoms with van der Waals surface area (Å²) >= 11 is 6.22. The zero-order chi connectivity index (χ0) is 24.9. The minimum atomic E-state index is -0.433. The molecule has 0 bridgehead atoms. The number of carbonyl (C=O) groups excluding carboxylic acids is 1. The molecule has 0 saturated carbocycles. The summed E-state index contributed by atoms with van der Waals surface area (Å²) in [6, 6.07) is 15.7. The number of unbranched alkanes of at least 4 members (excludes halogenated alkanes) is 2. The van der Waals surface area contributed by atoms with E-state index < -0.39 is 6.04 Å². The van der Waals surface area contributed by atoms with Gasteiger partial charge in [0, 0.05) is 11.6 Å². The van der Waals surface area contributed by atoms with Gasteiger partial charge in [-0.3, -0.25) is 14.2 Å². The predicted molar refractivity (Wildman–Crippen MR) is 139 cm³/mol. The van der Waals surface area contributed by atoms with E-state index >= 15 is 0 Å². The smallest absolute Gasteiger partial charge is 0.290 e. The molecular weight excluding hydrogens is 462 g/mol. The number of para-hydroxylation sites is 1. The van der Waals surface area contributed by atoms with E-state index in [0.717, 1.165) is 24.8 Å². The van der Waals surface area contributed by atoms with Crippen molar-refractivity contribution in [3.8, 4) is 5.69 Å². The van der Waals surface area contributed by atoms with E-state index in [1.807, 2.05) is 44.2 Å². The number of furan rings is 1. The summed E-state index contributed by atoms with van der Waals surface area (Å²) in [4.78, 5) is 34.2. The molecule has 2 heterocycles. The number of amides is 1. The lowest BCUT2D eigenvalue weighted by atomic mass is 10.1. The van der Waals surface area contributed by atoms with Crippen LogP contribution in [0.15, 0.2) is 70.1 Å². The molecule has 1 unspecified atom stereocenters. The molecule has 4 aromatic rings. The highest BCUT2D eigenvalue weighted by Crippen LogP contribution is 2.29. The first-order chi connectivity index (χ1) is 17.0. The van der Waals surface area contributed by atoms with Gasteiger partial charge in [0.1, 0.15) is 5.82 Å². The Kier molecular flexibility index (Phi) is 7.71. The third-order valence-corrected chi connectivity index (χ3v) is 6.49. The summed E-state index contributed by atoms with van der Waals surface area (Å²) in [6.45, 7) is 6.59. The van der Waals surface area contributed by atoms with E-state index in [1.165, 1.54) is 6.26 Å². The van der Waals surface area contributed by atoms with E-state index in [2.05, 4.69) is 6.92 Å². The largest absolute Gasteiger partial charge is 0.459 e. The van der Waals surface area contributed by atoms with Crippen molar-refractivity contribution in [2.45, 2.75) is 52.5 Å². The van der Waals surface area contributed by atoms with Crippen LogP contribution < -0.4 is 5.56 Å². The fraction of sp³-hybridized carbons (Fsp3) is 0.321. The number of aromatic nitrogens is 2. The van der Waals surface area contributed by atoms with E-state index in [9.17, 15) is 9.59 Å². The molecule has 0 aliphatic rings. The molecule has 0 radical (unpaired) electrons. The molecule has 0 saturated heterocycles. The molecule has 2 aromatic heterocycles. The van der Waals surface area contributed by atoms with Gasteiger partial charge in [0.05, 0.1) is 28.9 Å². The van der Waals surface area contributed by atoms with Crippen molar-refractivity contribution >= 4 is 28.4 Å². The minimum Gasteiger partial charge on any atom is -0.459 e. The van der Waals surface area contributed by atoms with Gasteiger partial charge in [0.25, 0.3) is 11.5 Å². The number of nitrogens with zero attached hydrogens (tertiary/aromatic N) is 3. The fourth-order valence-electron chi connectivity index (χ4n) is 4.49. The van der Waals surface area contributed by atoms with Gasteiger partial charge in [0.2, 0.25) is 0 Å². The molecule has 0 spiro atoms. The van der Waals surface area contributed by atoms with Crippen LogP contribution in [0.5, 0.6) is 0 Å². The average molecular weight is 492 g/mol. The van der Waals surface area contributed by atoms with Crippen LogP contribution in [0.4, 0.5) is 0 Å². The fourth-order valence-corrected chi connectivity index (χ4v) is 4.72. The Morgan fingerprint density at radius 3 is 2.60 bits per heavy atom. The zero-order valence-electron chi connectivity index (χ0n) is 20.3. The second-order valence-electron chi connectivity index (χ2n) is 8.67. The third-order valence-electron chi connectivity index (χ3n) is 6.26. The van der Waals surface area contributed by atoms with Crippen LogP contribution in [-0.2, 0) is 0 Å². The van der Waals surface area contributed by atoms with Crippen LogP contribution >= 0.6 is 11.6 Å². The number of fused-ring (bicyclic) bond motifs is 1.